The molecular weight excluding hydrogens is 424 g/mol. The third-order valence-corrected chi connectivity index (χ3v) is 12.3. The number of rotatable bonds is 4. The van der Waals surface area contributed by atoms with Crippen LogP contribution in [0.15, 0.2) is 11.6 Å². The molecular formula is C30H52O4. The quantitative estimate of drug-likeness (QED) is 0.406. The van der Waals surface area contributed by atoms with E-state index in [-0.39, 0.29) is 39.4 Å². The normalized spacial score (nSPS) is 51.6. The van der Waals surface area contributed by atoms with E-state index in [4.69, 9.17) is 0 Å². The van der Waals surface area contributed by atoms with Gasteiger partial charge >= 0.3 is 0 Å². The first-order valence-electron chi connectivity index (χ1n) is 13.9. The van der Waals surface area contributed by atoms with Gasteiger partial charge in [0, 0.05) is 0 Å². The molecule has 0 bridgehead atoms. The third-order valence-electron chi connectivity index (χ3n) is 12.3. The van der Waals surface area contributed by atoms with Crippen molar-refractivity contribution in [2.45, 2.75) is 131 Å². The number of allylic oxidation sites excluding steroid dienone is 2. The van der Waals surface area contributed by atoms with Crippen LogP contribution in [0.1, 0.15) is 107 Å². The fourth-order valence-electron chi connectivity index (χ4n) is 10.5. The molecule has 4 nitrogen and oxygen atoms in total. The molecule has 34 heavy (non-hydrogen) atoms. The third kappa shape index (κ3) is 3.60. The largest absolute Gasteiger partial charge is 0.393 e. The maximum atomic E-state index is 11.8. The van der Waals surface area contributed by atoms with E-state index in [1.807, 2.05) is 6.92 Å². The Kier molecular flexibility index (Phi) is 6.50. The topological polar surface area (TPSA) is 80.9 Å². The second-order valence-electron chi connectivity index (χ2n) is 14.7. The molecule has 4 rings (SSSR count). The van der Waals surface area contributed by atoms with Crippen molar-refractivity contribution in [1.82, 2.24) is 0 Å². The van der Waals surface area contributed by atoms with Crippen molar-refractivity contribution in [1.29, 1.82) is 0 Å². The lowest BCUT2D eigenvalue weighted by molar-refractivity contribution is -0.274. The van der Waals surface area contributed by atoms with Crippen molar-refractivity contribution in [3.8, 4) is 0 Å². The maximum Gasteiger partial charge on any atom is 0.0654 e. The van der Waals surface area contributed by atoms with Gasteiger partial charge < -0.3 is 20.4 Å². The summed E-state index contributed by atoms with van der Waals surface area (Å²) in [5, 5.41) is 46.0. The smallest absolute Gasteiger partial charge is 0.0654 e. The van der Waals surface area contributed by atoms with Crippen LogP contribution in [0.5, 0.6) is 0 Å². The average Bonchev–Trinajstić information content (AvgIpc) is 3.07. The highest BCUT2D eigenvalue weighted by molar-refractivity contribution is 5.21. The van der Waals surface area contributed by atoms with Gasteiger partial charge in [-0.3, -0.25) is 0 Å². The van der Waals surface area contributed by atoms with E-state index in [0.29, 0.717) is 5.92 Å². The molecule has 0 spiro atoms. The van der Waals surface area contributed by atoms with E-state index in [1.54, 1.807) is 0 Å². The molecule has 4 N–H and O–H groups in total. The second-order valence-corrected chi connectivity index (χ2v) is 14.7. The Morgan fingerprint density at radius 2 is 1.59 bits per heavy atom. The zero-order valence-electron chi connectivity index (χ0n) is 23.1. The molecule has 0 aliphatic heterocycles. The lowest BCUT2D eigenvalue weighted by Gasteiger charge is -2.71. The number of hydrogen-bond acceptors (Lipinski definition) is 4. The van der Waals surface area contributed by atoms with Gasteiger partial charge in [0.05, 0.1) is 23.9 Å². The molecule has 196 valence electrons. The van der Waals surface area contributed by atoms with Gasteiger partial charge in [-0.1, -0.05) is 46.3 Å². The first-order chi connectivity index (χ1) is 15.5. The van der Waals surface area contributed by atoms with Crippen molar-refractivity contribution in [2.24, 2.45) is 45.3 Å². The molecule has 4 fully saturated rings. The Morgan fingerprint density at radius 1 is 0.941 bits per heavy atom. The molecule has 0 aromatic carbocycles. The molecule has 4 saturated carbocycles. The number of hydrogen-bond donors (Lipinski definition) is 4. The molecule has 0 heterocycles. The van der Waals surface area contributed by atoms with Crippen LogP contribution in [0.3, 0.4) is 0 Å². The molecule has 4 aliphatic rings. The summed E-state index contributed by atoms with van der Waals surface area (Å²) in [7, 11) is 0. The standard InChI is InChI=1S/C30H52O4/c1-18(2)10-9-13-30(8,34)19-11-15-28(6)24(19)20(31)16-22-27(5)14-12-23(33)26(3,4)25(27)21(32)17-29(22,28)7/h10,19-25,31-34H,9,11-17H2,1-8H3/t19-,20-,21-,22-,23+,24+,25-,27-,28-,29-,30-/m1/s1. The highest BCUT2D eigenvalue weighted by atomic mass is 16.3. The van der Waals surface area contributed by atoms with Gasteiger partial charge in [0.25, 0.3) is 0 Å². The highest BCUT2D eigenvalue weighted by Crippen LogP contribution is 2.75. The Hall–Kier alpha value is -0.420. The van der Waals surface area contributed by atoms with Crippen LogP contribution in [0, 0.1) is 45.3 Å². The molecule has 4 aliphatic carbocycles. The molecule has 0 saturated heterocycles. The van der Waals surface area contributed by atoms with Crippen LogP contribution in [-0.4, -0.2) is 44.3 Å². The fourth-order valence-corrected chi connectivity index (χ4v) is 10.5. The van der Waals surface area contributed by atoms with E-state index in [9.17, 15) is 20.4 Å². The Bertz CT molecular complexity index is 813. The summed E-state index contributed by atoms with van der Waals surface area (Å²) in [4.78, 5) is 0. The molecule has 0 amide bonds. The average molecular weight is 477 g/mol. The molecule has 0 unspecified atom stereocenters. The van der Waals surface area contributed by atoms with Crippen LogP contribution < -0.4 is 0 Å². The molecule has 0 aromatic rings. The molecule has 0 aromatic heterocycles. The van der Waals surface area contributed by atoms with E-state index >= 15 is 0 Å². The number of aliphatic hydroxyl groups is 4. The van der Waals surface area contributed by atoms with Crippen LogP contribution >= 0.6 is 0 Å². The predicted octanol–water partition coefficient (Wildman–Crippen LogP) is 5.47. The van der Waals surface area contributed by atoms with Gasteiger partial charge in [-0.25, -0.2) is 0 Å². The van der Waals surface area contributed by atoms with Crippen LogP contribution in [0.25, 0.3) is 0 Å². The summed E-state index contributed by atoms with van der Waals surface area (Å²) in [5.41, 5.74) is -0.230. The molecule has 11 atom stereocenters. The van der Waals surface area contributed by atoms with Crippen LogP contribution in [0.2, 0.25) is 0 Å². The Labute approximate surface area is 208 Å². The van der Waals surface area contributed by atoms with E-state index in [0.717, 1.165) is 51.4 Å². The second kappa shape index (κ2) is 8.30. The maximum absolute atomic E-state index is 11.8. The Balaban J connectivity index is 1.70. The minimum Gasteiger partial charge on any atom is -0.393 e. The van der Waals surface area contributed by atoms with Gasteiger partial charge in [-0.15, -0.1) is 0 Å². The summed E-state index contributed by atoms with van der Waals surface area (Å²) in [5.74, 6) is 0.442. The zero-order valence-corrected chi connectivity index (χ0v) is 23.1. The van der Waals surface area contributed by atoms with Gasteiger partial charge in [0.15, 0.2) is 0 Å². The fraction of sp³-hybridized carbons (Fsp3) is 0.933. The van der Waals surface area contributed by atoms with Crippen LogP contribution in [-0.2, 0) is 0 Å². The lowest BCUT2D eigenvalue weighted by Crippen LogP contribution is -2.69. The minimum atomic E-state index is -0.810. The Morgan fingerprint density at radius 3 is 2.21 bits per heavy atom. The van der Waals surface area contributed by atoms with E-state index in [2.05, 4.69) is 54.5 Å². The monoisotopic (exact) mass is 476 g/mol. The summed E-state index contributed by atoms with van der Waals surface area (Å²) in [6, 6.07) is 0. The van der Waals surface area contributed by atoms with Gasteiger partial charge in [-0.2, -0.15) is 0 Å². The van der Waals surface area contributed by atoms with Crippen molar-refractivity contribution < 1.29 is 20.4 Å². The van der Waals surface area contributed by atoms with Crippen LogP contribution in [0.4, 0.5) is 0 Å². The van der Waals surface area contributed by atoms with Gasteiger partial charge in [0.1, 0.15) is 0 Å². The van der Waals surface area contributed by atoms with E-state index in [1.165, 1.54) is 5.57 Å². The molecule has 0 radical (unpaired) electrons. The predicted molar refractivity (Wildman–Crippen MR) is 137 cm³/mol. The summed E-state index contributed by atoms with van der Waals surface area (Å²) in [6.07, 6.45) is 7.54. The highest BCUT2D eigenvalue weighted by Gasteiger charge is 2.72. The SMILES string of the molecule is CC(C)=CCC[C@@](C)(O)[C@@H]1CC[C@]2(C)[C@@H]1[C@H](O)C[C@@H]1[C@@]3(C)CC[C@H](O)C(C)(C)[C@H]3[C@H](O)C[C@]12C. The van der Waals surface area contributed by atoms with Crippen molar-refractivity contribution in [2.75, 3.05) is 0 Å². The van der Waals surface area contributed by atoms with Crippen molar-refractivity contribution in [3.05, 3.63) is 11.6 Å². The summed E-state index contributed by atoms with van der Waals surface area (Å²) >= 11 is 0. The molecule has 4 heteroatoms. The lowest BCUT2D eigenvalue weighted by atomic mass is 9.34. The summed E-state index contributed by atoms with van der Waals surface area (Å²) < 4.78 is 0. The van der Waals surface area contributed by atoms with Gasteiger partial charge in [-0.05, 0) is 117 Å². The summed E-state index contributed by atoms with van der Waals surface area (Å²) in [6.45, 7) is 17.5. The van der Waals surface area contributed by atoms with Gasteiger partial charge in [0.2, 0.25) is 0 Å². The van der Waals surface area contributed by atoms with Crippen molar-refractivity contribution in [3.63, 3.8) is 0 Å². The van der Waals surface area contributed by atoms with Crippen molar-refractivity contribution >= 4 is 0 Å². The minimum absolute atomic E-state index is 0.0264. The first kappa shape index (κ1) is 26.6. The number of fused-ring (bicyclic) bond motifs is 5. The first-order valence-corrected chi connectivity index (χ1v) is 13.9. The zero-order chi connectivity index (χ0) is 25.5. The van der Waals surface area contributed by atoms with E-state index < -0.39 is 23.9 Å². The number of aliphatic hydroxyl groups excluding tert-OH is 3.